The van der Waals surface area contributed by atoms with Gasteiger partial charge in [0.05, 0.1) is 6.10 Å². The van der Waals surface area contributed by atoms with Crippen LogP contribution in [0.5, 0.6) is 0 Å². The third-order valence-corrected chi connectivity index (χ3v) is 8.58. The first kappa shape index (κ1) is 30.5. The lowest BCUT2D eigenvalue weighted by Crippen LogP contribution is -2.68. The number of carbonyl (C=O) groups is 3. The maximum absolute atomic E-state index is 12.8. The fourth-order valence-electron chi connectivity index (χ4n) is 7.10. The molecule has 216 valence electrons. The van der Waals surface area contributed by atoms with Gasteiger partial charge in [0.15, 0.2) is 6.10 Å². The summed E-state index contributed by atoms with van der Waals surface area (Å²) in [6, 6.07) is 0. The molecule has 2 bridgehead atoms. The largest absolute Gasteiger partial charge is 0.458 e. The van der Waals surface area contributed by atoms with Gasteiger partial charge in [0.2, 0.25) is 0 Å². The number of aliphatic hydroxyl groups is 1. The number of fused-ring (bicyclic) bond motifs is 5. The van der Waals surface area contributed by atoms with Gasteiger partial charge in [-0.15, -0.1) is 0 Å². The summed E-state index contributed by atoms with van der Waals surface area (Å²) < 4.78 is 24.3. The SMILES string of the molecule is C=C1CC2OC(C3C(C(C)C)C(OC(C)=O)C(OC(C)=O)C(C)(O)C23)C(C)(OC(=O)CCC)CCC1OO. The lowest BCUT2D eigenvalue weighted by atomic mass is 9.55. The molecule has 10 nitrogen and oxygen atoms in total. The van der Waals surface area contributed by atoms with Crippen LogP contribution in [0.3, 0.4) is 0 Å². The van der Waals surface area contributed by atoms with Crippen molar-refractivity contribution in [3.05, 3.63) is 12.2 Å². The van der Waals surface area contributed by atoms with E-state index in [1.807, 2.05) is 20.8 Å². The first-order chi connectivity index (χ1) is 17.7. The van der Waals surface area contributed by atoms with Gasteiger partial charge in [0.25, 0.3) is 0 Å². The zero-order chi connectivity index (χ0) is 28.6. The zero-order valence-electron chi connectivity index (χ0n) is 23.6. The molecule has 2 saturated heterocycles. The molecule has 2 N–H and O–H groups in total. The second-order valence-electron chi connectivity index (χ2n) is 11.9. The quantitative estimate of drug-likeness (QED) is 0.162. The molecule has 1 aliphatic carbocycles. The van der Waals surface area contributed by atoms with Gasteiger partial charge < -0.3 is 24.1 Å². The van der Waals surface area contributed by atoms with Crippen LogP contribution in [-0.2, 0) is 38.2 Å². The van der Waals surface area contributed by atoms with Gasteiger partial charge in [-0.05, 0) is 51.0 Å². The smallest absolute Gasteiger partial charge is 0.306 e. The van der Waals surface area contributed by atoms with Crippen LogP contribution in [0.25, 0.3) is 0 Å². The Hall–Kier alpha value is -2.01. The van der Waals surface area contributed by atoms with E-state index in [2.05, 4.69) is 6.58 Å². The normalized spacial score (nSPS) is 40.9. The number of hydrogen-bond donors (Lipinski definition) is 2. The van der Waals surface area contributed by atoms with Crippen molar-refractivity contribution in [2.24, 2.45) is 23.7 Å². The van der Waals surface area contributed by atoms with E-state index in [1.165, 1.54) is 13.8 Å². The van der Waals surface area contributed by atoms with E-state index in [4.69, 9.17) is 23.8 Å². The van der Waals surface area contributed by atoms with Crippen molar-refractivity contribution in [1.82, 2.24) is 0 Å². The van der Waals surface area contributed by atoms with Crippen LogP contribution >= 0.6 is 0 Å². The average Bonchev–Trinajstić information content (AvgIpc) is 3.17. The van der Waals surface area contributed by atoms with Gasteiger partial charge in [-0.1, -0.05) is 27.4 Å². The van der Waals surface area contributed by atoms with Crippen molar-refractivity contribution in [2.75, 3.05) is 0 Å². The lowest BCUT2D eigenvalue weighted by molar-refractivity contribution is -0.273. The van der Waals surface area contributed by atoms with Crippen molar-refractivity contribution in [2.45, 2.75) is 122 Å². The highest BCUT2D eigenvalue weighted by Crippen LogP contribution is 2.58. The molecule has 0 spiro atoms. The van der Waals surface area contributed by atoms with E-state index in [0.717, 1.165) is 0 Å². The van der Waals surface area contributed by atoms with Crippen molar-refractivity contribution in [3.63, 3.8) is 0 Å². The van der Waals surface area contributed by atoms with E-state index in [-0.39, 0.29) is 24.7 Å². The fourth-order valence-corrected chi connectivity index (χ4v) is 7.10. The molecule has 3 rings (SSSR count). The minimum atomic E-state index is -1.68. The molecular weight excluding hydrogens is 496 g/mol. The van der Waals surface area contributed by atoms with E-state index in [9.17, 15) is 24.7 Å². The third-order valence-electron chi connectivity index (χ3n) is 8.58. The first-order valence-electron chi connectivity index (χ1n) is 13.6. The number of esters is 3. The van der Waals surface area contributed by atoms with Crippen LogP contribution in [0.4, 0.5) is 0 Å². The Balaban J connectivity index is 2.22. The molecule has 0 amide bonds. The van der Waals surface area contributed by atoms with Gasteiger partial charge in [-0.25, -0.2) is 4.89 Å². The predicted molar refractivity (Wildman–Crippen MR) is 136 cm³/mol. The van der Waals surface area contributed by atoms with Gasteiger partial charge in [0, 0.05) is 38.0 Å². The Morgan fingerprint density at radius 3 is 2.32 bits per heavy atom. The number of carbonyl (C=O) groups excluding carboxylic acids is 3. The molecule has 0 aromatic rings. The fraction of sp³-hybridized carbons (Fsp3) is 0.821. The van der Waals surface area contributed by atoms with Crippen LogP contribution in [0.15, 0.2) is 12.2 Å². The van der Waals surface area contributed by atoms with Crippen LogP contribution < -0.4 is 0 Å². The van der Waals surface area contributed by atoms with Crippen LogP contribution in [-0.4, -0.2) is 70.0 Å². The average molecular weight is 541 g/mol. The van der Waals surface area contributed by atoms with Crippen LogP contribution in [0, 0.1) is 23.7 Å². The molecule has 2 aliphatic heterocycles. The van der Waals surface area contributed by atoms with Gasteiger partial charge in [-0.3, -0.25) is 19.6 Å². The molecule has 0 aromatic carbocycles. The molecule has 3 aliphatic rings. The lowest BCUT2D eigenvalue weighted by Gasteiger charge is -2.55. The maximum Gasteiger partial charge on any atom is 0.306 e. The maximum atomic E-state index is 12.8. The molecule has 1 saturated carbocycles. The summed E-state index contributed by atoms with van der Waals surface area (Å²) in [4.78, 5) is 42.0. The summed E-state index contributed by atoms with van der Waals surface area (Å²) in [7, 11) is 0. The van der Waals surface area contributed by atoms with E-state index >= 15 is 0 Å². The van der Waals surface area contributed by atoms with Crippen molar-refractivity contribution in [3.8, 4) is 0 Å². The predicted octanol–water partition coefficient (Wildman–Crippen LogP) is 3.59. The van der Waals surface area contributed by atoms with Crippen LogP contribution in [0.1, 0.15) is 80.6 Å². The highest BCUT2D eigenvalue weighted by atomic mass is 17.1. The summed E-state index contributed by atoms with van der Waals surface area (Å²) in [5, 5.41) is 21.7. The Bertz CT molecular complexity index is 913. The standard InChI is InChI=1S/C28H44O10/c1-9-10-20(31)37-27(7)12-11-18(38-33)15(4)13-19-23-22(25(27)36-19)21(14(2)3)24(34-16(5)29)26(28(23,8)32)35-17(6)30/h14,18-19,21-26,32-33H,4,9-13H2,1-3,5-8H3. The number of ether oxygens (including phenoxy) is 4. The highest BCUT2D eigenvalue weighted by Gasteiger charge is 2.69. The van der Waals surface area contributed by atoms with Gasteiger partial charge in [0.1, 0.15) is 29.5 Å². The molecule has 3 fully saturated rings. The summed E-state index contributed by atoms with van der Waals surface area (Å²) in [6.45, 7) is 15.9. The van der Waals surface area contributed by atoms with E-state index in [1.54, 1.807) is 13.8 Å². The molecule has 10 unspecified atom stereocenters. The molecule has 0 aromatic heterocycles. The van der Waals surface area contributed by atoms with Crippen molar-refractivity contribution >= 4 is 17.9 Å². The third kappa shape index (κ3) is 5.78. The second-order valence-corrected chi connectivity index (χ2v) is 11.9. The zero-order valence-corrected chi connectivity index (χ0v) is 23.6. The molecule has 10 atom stereocenters. The van der Waals surface area contributed by atoms with E-state index in [0.29, 0.717) is 24.8 Å². The minimum Gasteiger partial charge on any atom is -0.458 e. The Morgan fingerprint density at radius 1 is 1.16 bits per heavy atom. The molecule has 2 heterocycles. The van der Waals surface area contributed by atoms with Gasteiger partial charge >= 0.3 is 17.9 Å². The Kier molecular flexibility index (Phi) is 9.33. The van der Waals surface area contributed by atoms with E-state index < -0.39 is 71.4 Å². The number of hydrogen-bond acceptors (Lipinski definition) is 10. The molecule has 38 heavy (non-hydrogen) atoms. The summed E-state index contributed by atoms with van der Waals surface area (Å²) in [5.41, 5.74) is -2.25. The monoisotopic (exact) mass is 540 g/mol. The van der Waals surface area contributed by atoms with Crippen molar-refractivity contribution in [1.29, 1.82) is 0 Å². The second kappa shape index (κ2) is 11.6. The summed E-state index contributed by atoms with van der Waals surface area (Å²) in [5.74, 6) is -3.06. The molecule has 0 radical (unpaired) electrons. The van der Waals surface area contributed by atoms with Gasteiger partial charge in [-0.2, -0.15) is 0 Å². The number of rotatable bonds is 7. The minimum absolute atomic E-state index is 0.0823. The first-order valence-corrected chi connectivity index (χ1v) is 13.6. The molecular formula is C28H44O10. The Labute approximate surface area is 224 Å². The molecule has 10 heteroatoms. The Morgan fingerprint density at radius 2 is 1.79 bits per heavy atom. The van der Waals surface area contributed by atoms with Crippen LogP contribution in [0.2, 0.25) is 0 Å². The highest BCUT2D eigenvalue weighted by molar-refractivity contribution is 5.70. The summed E-state index contributed by atoms with van der Waals surface area (Å²) >= 11 is 0. The topological polar surface area (TPSA) is 138 Å². The van der Waals surface area contributed by atoms with Crippen molar-refractivity contribution < 1.29 is 48.6 Å². The summed E-state index contributed by atoms with van der Waals surface area (Å²) in [6.07, 6.45) is -2.40.